The van der Waals surface area contributed by atoms with Crippen LogP contribution in [0.3, 0.4) is 0 Å². The third-order valence-electron chi connectivity index (χ3n) is 5.25. The summed E-state index contributed by atoms with van der Waals surface area (Å²) in [6, 6.07) is 11.9. The smallest absolute Gasteiger partial charge is 0.248 e. The highest BCUT2D eigenvalue weighted by molar-refractivity contribution is 7.89. The minimum atomic E-state index is -3.55. The number of amides is 1. The molecule has 0 saturated carbocycles. The number of carbonyl (C=O) groups excluding carboxylic acids is 1. The molecule has 0 atom stereocenters. The lowest BCUT2D eigenvalue weighted by Gasteiger charge is -2.26. The number of hydrogen-bond donors (Lipinski definition) is 1. The van der Waals surface area contributed by atoms with Gasteiger partial charge in [-0.1, -0.05) is 18.6 Å². The van der Waals surface area contributed by atoms with Crippen LogP contribution < -0.4 is 14.8 Å². The van der Waals surface area contributed by atoms with Crippen molar-refractivity contribution in [2.75, 3.05) is 31.6 Å². The number of carbonyl (C=O) groups is 1. The minimum Gasteiger partial charge on any atom is -0.490 e. The van der Waals surface area contributed by atoms with Crippen LogP contribution in [0.25, 0.3) is 6.08 Å². The zero-order valence-electron chi connectivity index (χ0n) is 17.2. The van der Waals surface area contributed by atoms with Crippen LogP contribution in [0.2, 0.25) is 0 Å². The minimum absolute atomic E-state index is 0.194. The van der Waals surface area contributed by atoms with Crippen molar-refractivity contribution in [1.82, 2.24) is 4.31 Å². The Morgan fingerprint density at radius 2 is 1.71 bits per heavy atom. The summed E-state index contributed by atoms with van der Waals surface area (Å²) in [5, 5.41) is 2.74. The van der Waals surface area contributed by atoms with Gasteiger partial charge in [0.15, 0.2) is 11.5 Å². The Hall–Kier alpha value is -2.84. The van der Waals surface area contributed by atoms with Gasteiger partial charge in [-0.15, -0.1) is 0 Å². The van der Waals surface area contributed by atoms with Crippen LogP contribution in [0, 0.1) is 0 Å². The fourth-order valence-electron chi connectivity index (χ4n) is 3.63. The predicted molar refractivity (Wildman–Crippen MR) is 119 cm³/mol. The van der Waals surface area contributed by atoms with E-state index in [9.17, 15) is 13.2 Å². The summed E-state index contributed by atoms with van der Waals surface area (Å²) < 4.78 is 38.5. The molecule has 2 heterocycles. The summed E-state index contributed by atoms with van der Waals surface area (Å²) in [4.78, 5) is 12.6. The van der Waals surface area contributed by atoms with E-state index in [4.69, 9.17) is 9.47 Å². The van der Waals surface area contributed by atoms with Crippen molar-refractivity contribution in [3.05, 3.63) is 54.1 Å². The van der Waals surface area contributed by atoms with Crippen LogP contribution in [0.15, 0.2) is 53.4 Å². The number of ether oxygens (including phenoxy) is 2. The average molecular weight is 443 g/mol. The summed E-state index contributed by atoms with van der Waals surface area (Å²) in [6.07, 6.45) is 6.72. The molecule has 0 unspecified atom stereocenters. The molecule has 2 aromatic rings. The molecule has 1 fully saturated rings. The number of rotatable bonds is 5. The Morgan fingerprint density at radius 3 is 2.52 bits per heavy atom. The Morgan fingerprint density at radius 1 is 0.935 bits per heavy atom. The van der Waals surface area contributed by atoms with Gasteiger partial charge in [-0.3, -0.25) is 4.79 Å². The highest BCUT2D eigenvalue weighted by atomic mass is 32.2. The lowest BCUT2D eigenvalue weighted by Crippen LogP contribution is -2.35. The Labute approximate surface area is 182 Å². The molecule has 0 aromatic heterocycles. The quantitative estimate of drug-likeness (QED) is 0.714. The second-order valence-electron chi connectivity index (χ2n) is 7.57. The summed E-state index contributed by atoms with van der Waals surface area (Å²) >= 11 is 0. The number of nitrogens with zero attached hydrogens (tertiary/aromatic N) is 1. The fourth-order valence-corrected chi connectivity index (χ4v) is 5.19. The largest absolute Gasteiger partial charge is 0.490 e. The first kappa shape index (κ1) is 21.4. The summed E-state index contributed by atoms with van der Waals surface area (Å²) in [7, 11) is -3.55. The molecule has 0 spiro atoms. The van der Waals surface area contributed by atoms with E-state index in [1.165, 1.54) is 16.4 Å². The van der Waals surface area contributed by atoms with Crippen LogP contribution in [0.4, 0.5) is 5.69 Å². The average Bonchev–Trinajstić information content (AvgIpc) is 3.03. The van der Waals surface area contributed by atoms with Crippen molar-refractivity contribution in [1.29, 1.82) is 0 Å². The van der Waals surface area contributed by atoms with E-state index in [1.54, 1.807) is 24.3 Å². The molecule has 0 aliphatic carbocycles. The number of fused-ring (bicyclic) bond motifs is 1. The van der Waals surface area contributed by atoms with Gasteiger partial charge in [-0.05, 0) is 54.8 Å². The van der Waals surface area contributed by atoms with Gasteiger partial charge in [0.25, 0.3) is 0 Å². The van der Waals surface area contributed by atoms with E-state index in [0.717, 1.165) is 31.2 Å². The van der Waals surface area contributed by atoms with Crippen LogP contribution >= 0.6 is 0 Å². The maximum Gasteiger partial charge on any atom is 0.248 e. The number of benzene rings is 2. The van der Waals surface area contributed by atoms with Crippen LogP contribution in [0.5, 0.6) is 11.5 Å². The first-order valence-corrected chi connectivity index (χ1v) is 12.0. The van der Waals surface area contributed by atoms with E-state index in [2.05, 4.69) is 5.32 Å². The second kappa shape index (κ2) is 9.53. The number of sulfonamides is 1. The topological polar surface area (TPSA) is 84.9 Å². The molecule has 31 heavy (non-hydrogen) atoms. The van der Waals surface area contributed by atoms with Gasteiger partial charge < -0.3 is 14.8 Å². The Kier molecular flexibility index (Phi) is 6.58. The van der Waals surface area contributed by atoms with Gasteiger partial charge in [-0.25, -0.2) is 8.42 Å². The van der Waals surface area contributed by atoms with E-state index >= 15 is 0 Å². The molecule has 2 aliphatic heterocycles. The Balaban J connectivity index is 1.43. The first-order chi connectivity index (χ1) is 15.0. The standard InChI is InChI=1S/C23H26N2O5S/c26-23(11-9-18-8-10-21-22(16-18)30-15-5-14-29-21)24-19-6-4-7-20(17-19)31(27,28)25-12-2-1-3-13-25/h4,6-11,16-17H,1-3,5,12-15H2,(H,24,26). The molecule has 8 heteroatoms. The van der Waals surface area contributed by atoms with E-state index in [0.29, 0.717) is 43.5 Å². The number of nitrogens with one attached hydrogen (secondary N) is 1. The van der Waals surface area contributed by atoms with Crippen molar-refractivity contribution >= 4 is 27.7 Å². The molecule has 4 rings (SSSR count). The second-order valence-corrected chi connectivity index (χ2v) is 9.51. The predicted octanol–water partition coefficient (Wildman–Crippen LogP) is 3.67. The van der Waals surface area contributed by atoms with Gasteiger partial charge in [0.1, 0.15) is 0 Å². The summed E-state index contributed by atoms with van der Waals surface area (Å²) in [5.74, 6) is 1.01. The van der Waals surface area contributed by atoms with E-state index in [1.807, 2.05) is 18.2 Å². The third-order valence-corrected chi connectivity index (χ3v) is 7.15. The zero-order chi connectivity index (χ0) is 21.7. The van der Waals surface area contributed by atoms with Gasteiger partial charge in [-0.2, -0.15) is 4.31 Å². The van der Waals surface area contributed by atoms with Crippen molar-refractivity contribution in [2.24, 2.45) is 0 Å². The molecule has 164 valence electrons. The van der Waals surface area contributed by atoms with Gasteiger partial charge in [0.2, 0.25) is 15.9 Å². The van der Waals surface area contributed by atoms with E-state index in [-0.39, 0.29) is 10.8 Å². The highest BCUT2D eigenvalue weighted by Gasteiger charge is 2.26. The fraction of sp³-hybridized carbons (Fsp3) is 0.348. The molecule has 2 aromatic carbocycles. The molecule has 0 radical (unpaired) electrons. The lowest BCUT2D eigenvalue weighted by molar-refractivity contribution is -0.111. The lowest BCUT2D eigenvalue weighted by atomic mass is 10.2. The van der Waals surface area contributed by atoms with Crippen molar-refractivity contribution < 1.29 is 22.7 Å². The van der Waals surface area contributed by atoms with Crippen LogP contribution in [-0.4, -0.2) is 44.9 Å². The van der Waals surface area contributed by atoms with Gasteiger partial charge in [0, 0.05) is 31.3 Å². The summed E-state index contributed by atoms with van der Waals surface area (Å²) in [5.41, 5.74) is 1.24. The highest BCUT2D eigenvalue weighted by Crippen LogP contribution is 2.30. The molecule has 1 saturated heterocycles. The molecule has 0 bridgehead atoms. The van der Waals surface area contributed by atoms with Crippen LogP contribution in [-0.2, 0) is 14.8 Å². The SMILES string of the molecule is O=C(C=Cc1ccc2c(c1)OCCCO2)Nc1cccc(S(=O)(=O)N2CCCCC2)c1. The molecule has 2 aliphatic rings. The maximum atomic E-state index is 12.9. The maximum absolute atomic E-state index is 12.9. The molecular weight excluding hydrogens is 416 g/mol. The van der Waals surface area contributed by atoms with Crippen molar-refractivity contribution in [3.8, 4) is 11.5 Å². The first-order valence-electron chi connectivity index (χ1n) is 10.5. The normalized spacial score (nSPS) is 17.3. The number of hydrogen-bond acceptors (Lipinski definition) is 5. The monoisotopic (exact) mass is 442 g/mol. The van der Waals surface area contributed by atoms with Crippen molar-refractivity contribution in [3.63, 3.8) is 0 Å². The zero-order valence-corrected chi connectivity index (χ0v) is 18.1. The Bertz CT molecular complexity index is 1080. The van der Waals surface area contributed by atoms with Gasteiger partial charge in [0.05, 0.1) is 18.1 Å². The van der Waals surface area contributed by atoms with Crippen molar-refractivity contribution in [2.45, 2.75) is 30.6 Å². The number of anilines is 1. The summed E-state index contributed by atoms with van der Waals surface area (Å²) in [6.45, 7) is 2.29. The molecule has 1 N–H and O–H groups in total. The molecule has 7 nitrogen and oxygen atoms in total. The molecule has 1 amide bonds. The number of piperidine rings is 1. The third kappa shape index (κ3) is 5.26. The van der Waals surface area contributed by atoms with E-state index < -0.39 is 10.0 Å². The molecular formula is C23H26N2O5S. The van der Waals surface area contributed by atoms with Gasteiger partial charge >= 0.3 is 0 Å². The van der Waals surface area contributed by atoms with Crippen LogP contribution in [0.1, 0.15) is 31.2 Å².